The molecule has 29 heavy (non-hydrogen) atoms. The Bertz CT molecular complexity index is 1090. The Hall–Kier alpha value is -3.73. The fourth-order valence-corrected chi connectivity index (χ4v) is 3.07. The van der Waals surface area contributed by atoms with Crippen LogP contribution in [0.1, 0.15) is 11.3 Å². The number of hydrogen-bond acceptors (Lipinski definition) is 8. The van der Waals surface area contributed by atoms with Crippen molar-refractivity contribution in [1.82, 2.24) is 14.9 Å². The number of hydrogen-bond donors (Lipinski definition) is 2. The largest absolute Gasteiger partial charge is 0.334 e. The molecule has 0 spiro atoms. The zero-order valence-electron chi connectivity index (χ0n) is 15.0. The van der Waals surface area contributed by atoms with Crippen LogP contribution in [-0.2, 0) is 11.2 Å². The Morgan fingerprint density at radius 2 is 1.83 bits per heavy atom. The molecule has 1 amide bonds. The average Bonchev–Trinajstić information content (AvgIpc) is 2.72. The molecule has 0 saturated carbocycles. The molecular weight excluding hydrogens is 396 g/mol. The second-order valence-corrected chi connectivity index (χ2v) is 6.85. The molecule has 0 bridgehead atoms. The first kappa shape index (κ1) is 20.0. The number of carbonyl (C=O) groups is 1. The van der Waals surface area contributed by atoms with Crippen LogP contribution in [0.3, 0.4) is 0 Å². The van der Waals surface area contributed by atoms with Gasteiger partial charge in [-0.25, -0.2) is 0 Å². The van der Waals surface area contributed by atoms with Gasteiger partial charge in [0.05, 0.1) is 10.7 Å². The molecule has 0 atom stereocenters. The number of amides is 1. The summed E-state index contributed by atoms with van der Waals surface area (Å²) in [4.78, 5) is 34.6. The maximum absolute atomic E-state index is 12.4. The van der Waals surface area contributed by atoms with E-state index in [1.165, 1.54) is 24.3 Å². The molecule has 10 nitrogen and oxygen atoms in total. The number of carbonyl (C=O) groups excluding carboxylic acids is 1. The number of nitro groups is 1. The van der Waals surface area contributed by atoms with E-state index in [2.05, 4.69) is 15.5 Å². The van der Waals surface area contributed by atoms with Crippen LogP contribution >= 0.6 is 11.8 Å². The number of aromatic nitrogens is 3. The molecule has 1 heterocycles. The predicted molar refractivity (Wildman–Crippen MR) is 108 cm³/mol. The Balaban J connectivity index is 1.61. The van der Waals surface area contributed by atoms with E-state index < -0.39 is 10.5 Å². The number of rotatable bonds is 7. The standard InChI is InChI=1S/C18H16N6O4S/c19-23-17(26)15(10-12-4-2-1-3-5-12)21-22-18(23)29-11-16(25)20-13-6-8-14(9-7-13)24(27)28/h1-9H,10-11,19H2,(H,20,25). The van der Waals surface area contributed by atoms with Crippen LogP contribution in [0.15, 0.2) is 64.5 Å². The number of nitrogen functional groups attached to an aromatic ring is 1. The van der Waals surface area contributed by atoms with E-state index in [0.717, 1.165) is 22.0 Å². The molecule has 3 aromatic rings. The quantitative estimate of drug-likeness (QED) is 0.257. The first-order valence-corrected chi connectivity index (χ1v) is 9.37. The van der Waals surface area contributed by atoms with Gasteiger partial charge in [-0.15, -0.1) is 10.2 Å². The van der Waals surface area contributed by atoms with Crippen molar-refractivity contribution in [2.45, 2.75) is 11.6 Å². The Labute approximate surface area is 168 Å². The van der Waals surface area contributed by atoms with Crippen molar-refractivity contribution in [2.75, 3.05) is 16.9 Å². The van der Waals surface area contributed by atoms with Gasteiger partial charge >= 0.3 is 0 Å². The third kappa shape index (κ3) is 5.17. The van der Waals surface area contributed by atoms with E-state index in [4.69, 9.17) is 5.84 Å². The summed E-state index contributed by atoms with van der Waals surface area (Å²) in [5.74, 6) is 5.35. The summed E-state index contributed by atoms with van der Waals surface area (Å²) in [5.41, 5.74) is 0.966. The summed E-state index contributed by atoms with van der Waals surface area (Å²) < 4.78 is 0.870. The molecule has 0 radical (unpaired) electrons. The third-order valence-electron chi connectivity index (χ3n) is 3.84. The zero-order valence-corrected chi connectivity index (χ0v) is 15.8. The molecule has 0 unspecified atom stereocenters. The van der Waals surface area contributed by atoms with E-state index in [-0.39, 0.29) is 28.2 Å². The van der Waals surface area contributed by atoms with E-state index in [9.17, 15) is 19.7 Å². The molecule has 0 aliphatic rings. The van der Waals surface area contributed by atoms with Crippen LogP contribution in [0.5, 0.6) is 0 Å². The molecule has 0 saturated heterocycles. The lowest BCUT2D eigenvalue weighted by Crippen LogP contribution is -2.34. The molecule has 0 fully saturated rings. The van der Waals surface area contributed by atoms with Gasteiger partial charge < -0.3 is 11.2 Å². The molecule has 0 aliphatic carbocycles. The minimum absolute atomic E-state index is 0.0691. The summed E-state index contributed by atoms with van der Waals surface area (Å²) >= 11 is 0.956. The number of nitrogens with zero attached hydrogens (tertiary/aromatic N) is 4. The minimum Gasteiger partial charge on any atom is -0.334 e. The lowest BCUT2D eigenvalue weighted by molar-refractivity contribution is -0.384. The second kappa shape index (κ2) is 8.97. The maximum atomic E-state index is 12.4. The van der Waals surface area contributed by atoms with Crippen molar-refractivity contribution < 1.29 is 9.72 Å². The number of thioether (sulfide) groups is 1. The highest BCUT2D eigenvalue weighted by Gasteiger charge is 2.13. The molecule has 1 aromatic heterocycles. The Morgan fingerprint density at radius 3 is 2.48 bits per heavy atom. The number of anilines is 1. The Kier molecular flexibility index (Phi) is 6.19. The van der Waals surface area contributed by atoms with Gasteiger partial charge in [-0.3, -0.25) is 19.7 Å². The second-order valence-electron chi connectivity index (χ2n) is 5.91. The van der Waals surface area contributed by atoms with Crippen LogP contribution in [0, 0.1) is 10.1 Å². The normalized spacial score (nSPS) is 10.5. The molecule has 3 rings (SSSR count). The number of benzene rings is 2. The van der Waals surface area contributed by atoms with E-state index in [1.54, 1.807) is 0 Å². The van der Waals surface area contributed by atoms with Crippen molar-refractivity contribution in [3.8, 4) is 0 Å². The minimum atomic E-state index is -0.526. The van der Waals surface area contributed by atoms with Gasteiger partial charge in [-0.1, -0.05) is 42.1 Å². The smallest absolute Gasteiger partial charge is 0.294 e. The van der Waals surface area contributed by atoms with Crippen LogP contribution in [-0.4, -0.2) is 31.5 Å². The van der Waals surface area contributed by atoms with Crippen molar-refractivity contribution in [2.24, 2.45) is 0 Å². The molecule has 3 N–H and O–H groups in total. The number of non-ortho nitro benzene ring substituents is 1. The number of nitro benzene ring substituents is 1. The highest BCUT2D eigenvalue weighted by Crippen LogP contribution is 2.17. The summed E-state index contributed by atoms with van der Waals surface area (Å²) in [6, 6.07) is 14.8. The van der Waals surface area contributed by atoms with Gasteiger partial charge in [-0.05, 0) is 17.7 Å². The van der Waals surface area contributed by atoms with Gasteiger partial charge in [0.15, 0.2) is 0 Å². The summed E-state index contributed by atoms with van der Waals surface area (Å²) in [6.45, 7) is 0. The first-order chi connectivity index (χ1) is 13.9. The van der Waals surface area contributed by atoms with Crippen molar-refractivity contribution in [3.05, 3.63) is 86.3 Å². The zero-order chi connectivity index (χ0) is 20.8. The molecule has 2 aromatic carbocycles. The van der Waals surface area contributed by atoms with Gasteiger partial charge in [0.1, 0.15) is 5.69 Å². The van der Waals surface area contributed by atoms with E-state index >= 15 is 0 Å². The fourth-order valence-electron chi connectivity index (χ4n) is 2.41. The monoisotopic (exact) mass is 412 g/mol. The first-order valence-electron chi connectivity index (χ1n) is 8.39. The van der Waals surface area contributed by atoms with Gasteiger partial charge in [0, 0.05) is 24.2 Å². The fraction of sp³-hybridized carbons (Fsp3) is 0.111. The van der Waals surface area contributed by atoms with Crippen LogP contribution in [0.4, 0.5) is 11.4 Å². The molecular formula is C18H16N6O4S. The van der Waals surface area contributed by atoms with Gasteiger partial charge in [0.25, 0.3) is 11.2 Å². The molecule has 11 heteroatoms. The molecule has 148 valence electrons. The summed E-state index contributed by atoms with van der Waals surface area (Å²) in [5, 5.41) is 21.2. The number of nitrogens with one attached hydrogen (secondary N) is 1. The topological polar surface area (TPSA) is 146 Å². The lowest BCUT2D eigenvalue weighted by Gasteiger charge is -2.08. The van der Waals surface area contributed by atoms with Gasteiger partial charge in [-0.2, -0.15) is 4.68 Å². The number of nitrogens with two attached hydrogens (primary N) is 1. The summed E-state index contributed by atoms with van der Waals surface area (Å²) in [7, 11) is 0. The summed E-state index contributed by atoms with van der Waals surface area (Å²) in [6.07, 6.45) is 0.301. The predicted octanol–water partition coefficient (Wildman–Crippen LogP) is 1.58. The molecule has 0 aliphatic heterocycles. The van der Waals surface area contributed by atoms with E-state index in [1.807, 2.05) is 30.3 Å². The Morgan fingerprint density at radius 1 is 1.14 bits per heavy atom. The third-order valence-corrected chi connectivity index (χ3v) is 4.78. The van der Waals surface area contributed by atoms with Crippen LogP contribution in [0.25, 0.3) is 0 Å². The highest BCUT2D eigenvalue weighted by molar-refractivity contribution is 7.99. The van der Waals surface area contributed by atoms with Crippen LogP contribution in [0.2, 0.25) is 0 Å². The van der Waals surface area contributed by atoms with Crippen molar-refractivity contribution in [3.63, 3.8) is 0 Å². The highest BCUT2D eigenvalue weighted by atomic mass is 32.2. The maximum Gasteiger partial charge on any atom is 0.294 e. The van der Waals surface area contributed by atoms with Crippen molar-refractivity contribution in [1.29, 1.82) is 0 Å². The van der Waals surface area contributed by atoms with Crippen LogP contribution < -0.4 is 16.7 Å². The SMILES string of the molecule is Nn1c(SCC(=O)Nc2ccc([N+](=O)[O-])cc2)nnc(Cc2ccccc2)c1=O. The van der Waals surface area contributed by atoms with Crippen molar-refractivity contribution >= 4 is 29.0 Å². The van der Waals surface area contributed by atoms with E-state index in [0.29, 0.717) is 12.1 Å². The average molecular weight is 412 g/mol. The van der Waals surface area contributed by atoms with Gasteiger partial charge in [0.2, 0.25) is 11.1 Å². The lowest BCUT2D eigenvalue weighted by atomic mass is 10.1.